The molecule has 0 aromatic heterocycles. The number of hydrogen-bond acceptors (Lipinski definition) is 5. The van der Waals surface area contributed by atoms with E-state index in [2.05, 4.69) is 5.32 Å². The zero-order valence-electron chi connectivity index (χ0n) is 13.0. The highest BCUT2D eigenvalue weighted by atomic mass is 16.6. The predicted molar refractivity (Wildman–Crippen MR) is 79.8 cm³/mol. The molecule has 0 heterocycles. The van der Waals surface area contributed by atoms with E-state index >= 15 is 0 Å². The molecule has 6 nitrogen and oxygen atoms in total. The van der Waals surface area contributed by atoms with Gasteiger partial charge in [-0.2, -0.15) is 0 Å². The van der Waals surface area contributed by atoms with Crippen molar-refractivity contribution in [2.24, 2.45) is 5.90 Å². The molecule has 0 aliphatic heterocycles. The lowest BCUT2D eigenvalue weighted by Crippen LogP contribution is -2.44. The molecule has 0 saturated heterocycles. The van der Waals surface area contributed by atoms with Crippen LogP contribution < -0.4 is 11.2 Å². The molecule has 1 aromatic carbocycles. The normalized spacial score (nSPS) is 14.3. The van der Waals surface area contributed by atoms with Gasteiger partial charge in [0.15, 0.2) is 0 Å². The zero-order chi connectivity index (χ0) is 16.1. The summed E-state index contributed by atoms with van der Waals surface area (Å²) in [7, 11) is 0. The summed E-state index contributed by atoms with van der Waals surface area (Å²) in [5.74, 6) is 5.37. The second-order valence-corrected chi connectivity index (χ2v) is 6.27. The summed E-state index contributed by atoms with van der Waals surface area (Å²) in [6.07, 6.45) is -0.496. The predicted octanol–water partition coefficient (Wildman–Crippen LogP) is 2.06. The van der Waals surface area contributed by atoms with Crippen molar-refractivity contribution in [1.82, 2.24) is 5.32 Å². The number of ether oxygens (including phenoxy) is 1. The summed E-state index contributed by atoms with van der Waals surface area (Å²) in [5, 5.41) is 12.1. The highest BCUT2D eigenvalue weighted by Crippen LogP contribution is 2.25. The third kappa shape index (κ3) is 5.61. The van der Waals surface area contributed by atoms with Gasteiger partial charge in [-0.1, -0.05) is 19.1 Å². The number of amides is 1. The number of benzene rings is 1. The van der Waals surface area contributed by atoms with Crippen LogP contribution in [0.15, 0.2) is 24.3 Å². The van der Waals surface area contributed by atoms with E-state index < -0.39 is 17.1 Å². The van der Waals surface area contributed by atoms with E-state index in [-0.39, 0.29) is 12.4 Å². The quantitative estimate of drug-likeness (QED) is 0.723. The monoisotopic (exact) mass is 296 g/mol. The number of carbonyl (C=O) groups is 1. The second kappa shape index (κ2) is 6.78. The van der Waals surface area contributed by atoms with Gasteiger partial charge in [0.05, 0.1) is 6.61 Å². The number of phenolic OH excluding ortho intramolecular Hbond substituents is 1. The van der Waals surface area contributed by atoms with Gasteiger partial charge in [0, 0.05) is 12.0 Å². The average Bonchev–Trinajstić information content (AvgIpc) is 2.35. The van der Waals surface area contributed by atoms with E-state index in [1.54, 1.807) is 45.0 Å². The largest absolute Gasteiger partial charge is 0.508 e. The van der Waals surface area contributed by atoms with Crippen LogP contribution in [0.5, 0.6) is 5.75 Å². The third-order valence-corrected chi connectivity index (χ3v) is 2.99. The van der Waals surface area contributed by atoms with Crippen molar-refractivity contribution >= 4 is 6.09 Å². The molecule has 0 bridgehead atoms. The van der Waals surface area contributed by atoms with E-state index in [9.17, 15) is 9.90 Å². The van der Waals surface area contributed by atoms with Crippen LogP contribution in [0, 0.1) is 0 Å². The molecule has 0 fully saturated rings. The first kappa shape index (κ1) is 17.3. The second-order valence-electron chi connectivity index (χ2n) is 6.27. The SMILES string of the molecule is CC(C)(C)OC(=O)NCC(C)(CON)c1ccc(O)cc1. The van der Waals surface area contributed by atoms with Crippen LogP contribution in [0.3, 0.4) is 0 Å². The number of alkyl carbamates (subject to hydrolysis) is 1. The Bertz CT molecular complexity index is 468. The molecule has 118 valence electrons. The van der Waals surface area contributed by atoms with Crippen molar-refractivity contribution < 1.29 is 19.5 Å². The summed E-state index contributed by atoms with van der Waals surface area (Å²) >= 11 is 0. The van der Waals surface area contributed by atoms with Gasteiger partial charge >= 0.3 is 6.09 Å². The molecule has 1 unspecified atom stereocenters. The zero-order valence-corrected chi connectivity index (χ0v) is 13.0. The molecule has 1 aromatic rings. The Kier molecular flexibility index (Phi) is 5.57. The number of carbonyl (C=O) groups excluding carboxylic acids is 1. The van der Waals surface area contributed by atoms with Crippen molar-refractivity contribution in [2.45, 2.75) is 38.7 Å². The third-order valence-electron chi connectivity index (χ3n) is 2.99. The lowest BCUT2D eigenvalue weighted by atomic mass is 9.83. The molecule has 0 saturated carbocycles. The maximum absolute atomic E-state index is 11.7. The van der Waals surface area contributed by atoms with Crippen LogP contribution in [0.1, 0.15) is 33.3 Å². The molecule has 0 spiro atoms. The van der Waals surface area contributed by atoms with E-state index in [4.69, 9.17) is 15.5 Å². The molecule has 0 aliphatic rings. The first-order chi connectivity index (χ1) is 9.66. The average molecular weight is 296 g/mol. The van der Waals surface area contributed by atoms with Crippen LogP contribution in [0.2, 0.25) is 0 Å². The molecule has 1 rings (SSSR count). The maximum Gasteiger partial charge on any atom is 0.407 e. The highest BCUT2D eigenvalue weighted by molar-refractivity contribution is 5.67. The van der Waals surface area contributed by atoms with Crippen LogP contribution in [0.25, 0.3) is 0 Å². The van der Waals surface area contributed by atoms with Crippen molar-refractivity contribution in [3.63, 3.8) is 0 Å². The molecule has 0 aliphatic carbocycles. The van der Waals surface area contributed by atoms with Gasteiger partial charge in [0.2, 0.25) is 0 Å². The number of nitrogens with one attached hydrogen (secondary N) is 1. The van der Waals surface area contributed by atoms with Crippen molar-refractivity contribution in [2.75, 3.05) is 13.2 Å². The Morgan fingerprint density at radius 1 is 1.24 bits per heavy atom. The Labute approximate surface area is 125 Å². The first-order valence-electron chi connectivity index (χ1n) is 6.74. The Morgan fingerprint density at radius 2 is 1.81 bits per heavy atom. The van der Waals surface area contributed by atoms with Crippen molar-refractivity contribution in [3.8, 4) is 5.75 Å². The lowest BCUT2D eigenvalue weighted by molar-refractivity contribution is 0.0476. The van der Waals surface area contributed by atoms with Gasteiger partial charge in [-0.3, -0.25) is 0 Å². The fourth-order valence-electron chi connectivity index (χ4n) is 1.87. The van der Waals surface area contributed by atoms with Crippen LogP contribution >= 0.6 is 0 Å². The molecule has 0 radical (unpaired) electrons. The molecule has 6 heteroatoms. The van der Waals surface area contributed by atoms with Crippen LogP contribution in [0.4, 0.5) is 4.79 Å². The molecule has 1 amide bonds. The maximum atomic E-state index is 11.7. The minimum absolute atomic E-state index is 0.176. The summed E-state index contributed by atoms with van der Waals surface area (Å²) < 4.78 is 5.20. The molecule has 21 heavy (non-hydrogen) atoms. The number of aromatic hydroxyl groups is 1. The van der Waals surface area contributed by atoms with Gasteiger partial charge < -0.3 is 20.0 Å². The molecule has 1 atom stereocenters. The number of phenols is 1. The van der Waals surface area contributed by atoms with E-state index in [0.717, 1.165) is 5.56 Å². The number of nitrogens with two attached hydrogens (primary N) is 1. The summed E-state index contributed by atoms with van der Waals surface area (Å²) in [5.41, 5.74) is -0.190. The summed E-state index contributed by atoms with van der Waals surface area (Å²) in [4.78, 5) is 16.5. The standard InChI is InChI=1S/C15H24N2O4/c1-14(2,3)21-13(19)17-9-15(4,10-20-16)11-5-7-12(18)8-6-11/h5-8,18H,9-10,16H2,1-4H3,(H,17,19). The lowest BCUT2D eigenvalue weighted by Gasteiger charge is -2.30. The van der Waals surface area contributed by atoms with Crippen LogP contribution in [-0.2, 0) is 15.0 Å². The van der Waals surface area contributed by atoms with Crippen LogP contribution in [-0.4, -0.2) is 30.0 Å². The molecular weight excluding hydrogens is 272 g/mol. The minimum Gasteiger partial charge on any atom is -0.508 e. The smallest absolute Gasteiger partial charge is 0.407 e. The Morgan fingerprint density at radius 3 is 2.29 bits per heavy atom. The van der Waals surface area contributed by atoms with Gasteiger partial charge in [-0.05, 0) is 38.5 Å². The fourth-order valence-corrected chi connectivity index (χ4v) is 1.87. The van der Waals surface area contributed by atoms with Crippen molar-refractivity contribution in [1.29, 1.82) is 0 Å². The van der Waals surface area contributed by atoms with E-state index in [0.29, 0.717) is 6.54 Å². The van der Waals surface area contributed by atoms with Gasteiger partial charge in [-0.25, -0.2) is 10.7 Å². The van der Waals surface area contributed by atoms with Crippen molar-refractivity contribution in [3.05, 3.63) is 29.8 Å². The molecular formula is C15H24N2O4. The Hall–Kier alpha value is -1.79. The highest BCUT2D eigenvalue weighted by Gasteiger charge is 2.29. The minimum atomic E-state index is -0.552. The number of hydrogen-bond donors (Lipinski definition) is 3. The summed E-state index contributed by atoms with van der Waals surface area (Å²) in [6.45, 7) is 7.82. The van der Waals surface area contributed by atoms with Gasteiger partial charge in [-0.15, -0.1) is 0 Å². The van der Waals surface area contributed by atoms with Gasteiger partial charge in [0.25, 0.3) is 0 Å². The fraction of sp³-hybridized carbons (Fsp3) is 0.533. The first-order valence-corrected chi connectivity index (χ1v) is 6.74. The molecule has 4 N–H and O–H groups in total. The number of rotatable bonds is 5. The van der Waals surface area contributed by atoms with E-state index in [1.807, 2.05) is 6.92 Å². The summed E-state index contributed by atoms with van der Waals surface area (Å²) in [6, 6.07) is 6.70. The topological polar surface area (TPSA) is 93.8 Å². The Balaban J connectivity index is 2.77. The van der Waals surface area contributed by atoms with E-state index in [1.165, 1.54) is 0 Å². The van der Waals surface area contributed by atoms with Gasteiger partial charge in [0.1, 0.15) is 11.4 Å².